The molecule has 0 bridgehead atoms. The highest BCUT2D eigenvalue weighted by molar-refractivity contribution is 5.63. The summed E-state index contributed by atoms with van der Waals surface area (Å²) in [6.45, 7) is 1.32. The van der Waals surface area contributed by atoms with Crippen LogP contribution in [0.15, 0.2) is 30.3 Å². The van der Waals surface area contributed by atoms with E-state index in [4.69, 9.17) is 5.73 Å². The van der Waals surface area contributed by atoms with Gasteiger partial charge in [-0.15, -0.1) is 0 Å². The number of phenols is 3. The number of hydrogen-bond donors (Lipinski definition) is 5. The minimum absolute atomic E-state index is 0.0214. The molecule has 1 heterocycles. The fourth-order valence-electron chi connectivity index (χ4n) is 2.70. The number of phenolic OH excluding ortho intramolecular Hbond substituents is 3. The van der Waals surface area contributed by atoms with Crippen molar-refractivity contribution < 1.29 is 15.3 Å². The van der Waals surface area contributed by atoms with Crippen molar-refractivity contribution in [3.05, 3.63) is 47.0 Å². The van der Waals surface area contributed by atoms with E-state index >= 15 is 0 Å². The molecule has 2 aromatic carbocycles. The number of nitrogens with two attached hydrogens (primary N) is 1. The Morgan fingerprint density at radius 2 is 1.75 bits per heavy atom. The van der Waals surface area contributed by atoms with Crippen molar-refractivity contribution in [3.8, 4) is 17.2 Å². The predicted molar refractivity (Wildman–Crippen MR) is 75.8 cm³/mol. The van der Waals surface area contributed by atoms with Gasteiger partial charge in [0.25, 0.3) is 0 Å². The van der Waals surface area contributed by atoms with E-state index in [0.29, 0.717) is 18.8 Å². The highest BCUT2D eigenvalue weighted by atomic mass is 16.3. The van der Waals surface area contributed by atoms with Crippen molar-refractivity contribution in [3.63, 3.8) is 0 Å². The number of rotatable bonds is 1. The summed E-state index contributed by atoms with van der Waals surface area (Å²) in [6.07, 6.45) is 0. The van der Waals surface area contributed by atoms with Gasteiger partial charge in [0.05, 0.1) is 5.69 Å². The van der Waals surface area contributed by atoms with E-state index in [1.807, 2.05) is 6.07 Å². The van der Waals surface area contributed by atoms with E-state index in [1.165, 1.54) is 6.07 Å². The van der Waals surface area contributed by atoms with Crippen LogP contribution in [0, 0.1) is 0 Å². The van der Waals surface area contributed by atoms with Crippen molar-refractivity contribution in [2.24, 2.45) is 0 Å². The van der Waals surface area contributed by atoms with Crippen LogP contribution in [0.4, 0.5) is 5.69 Å². The Morgan fingerprint density at radius 3 is 2.50 bits per heavy atom. The van der Waals surface area contributed by atoms with E-state index in [-0.39, 0.29) is 23.2 Å². The third kappa shape index (κ3) is 1.92. The third-order valence-corrected chi connectivity index (χ3v) is 3.80. The molecule has 3 rings (SSSR count). The summed E-state index contributed by atoms with van der Waals surface area (Å²) in [5.41, 5.74) is 9.11. The van der Waals surface area contributed by atoms with E-state index < -0.39 is 0 Å². The molecule has 1 aliphatic heterocycles. The largest absolute Gasteiger partial charge is 0.506 e. The SMILES string of the molecule is Nc1c(O)ccc2c1CNCC2c1ccc(O)c(O)c1. The number of aromatic hydroxyl groups is 3. The standard InChI is InChI=1S/C15H16N2O3/c16-15-11-7-17-6-10(9(11)2-4-13(15)19)8-1-3-12(18)14(20)5-8/h1-5,10,17-20H,6-7,16H2. The maximum atomic E-state index is 9.69. The van der Waals surface area contributed by atoms with Gasteiger partial charge in [-0.3, -0.25) is 0 Å². The van der Waals surface area contributed by atoms with Crippen LogP contribution in [-0.4, -0.2) is 21.9 Å². The van der Waals surface area contributed by atoms with Gasteiger partial charge in [-0.25, -0.2) is 0 Å². The molecule has 0 radical (unpaired) electrons. The number of nitrogens with one attached hydrogen (secondary N) is 1. The summed E-state index contributed by atoms with van der Waals surface area (Å²) in [5, 5.41) is 32.0. The molecule has 0 aliphatic carbocycles. The van der Waals surface area contributed by atoms with Crippen LogP contribution in [0.1, 0.15) is 22.6 Å². The van der Waals surface area contributed by atoms with Gasteiger partial charge >= 0.3 is 0 Å². The summed E-state index contributed by atoms with van der Waals surface area (Å²) in [6, 6.07) is 8.26. The highest BCUT2D eigenvalue weighted by Crippen LogP contribution is 2.38. The normalized spacial score (nSPS) is 17.7. The van der Waals surface area contributed by atoms with Crippen LogP contribution in [-0.2, 0) is 6.54 Å². The van der Waals surface area contributed by atoms with Gasteiger partial charge in [0.2, 0.25) is 0 Å². The van der Waals surface area contributed by atoms with Gasteiger partial charge in [0, 0.05) is 19.0 Å². The first kappa shape index (κ1) is 12.6. The Bertz CT molecular complexity index is 670. The van der Waals surface area contributed by atoms with Gasteiger partial charge < -0.3 is 26.4 Å². The zero-order valence-corrected chi connectivity index (χ0v) is 10.8. The first-order chi connectivity index (χ1) is 9.58. The Balaban J connectivity index is 2.10. The van der Waals surface area contributed by atoms with E-state index in [0.717, 1.165) is 16.7 Å². The molecule has 0 saturated heterocycles. The lowest BCUT2D eigenvalue weighted by atomic mass is 9.84. The van der Waals surface area contributed by atoms with Crippen molar-refractivity contribution in [2.45, 2.75) is 12.5 Å². The molecule has 5 nitrogen and oxygen atoms in total. The minimum Gasteiger partial charge on any atom is -0.506 e. The third-order valence-electron chi connectivity index (χ3n) is 3.80. The van der Waals surface area contributed by atoms with Gasteiger partial charge in [-0.05, 0) is 34.9 Å². The Hall–Kier alpha value is -2.40. The second kappa shape index (κ2) is 4.61. The van der Waals surface area contributed by atoms with Gasteiger partial charge in [-0.1, -0.05) is 12.1 Å². The smallest absolute Gasteiger partial charge is 0.157 e. The van der Waals surface area contributed by atoms with Crippen LogP contribution in [0.2, 0.25) is 0 Å². The van der Waals surface area contributed by atoms with E-state index in [2.05, 4.69) is 5.32 Å². The Kier molecular flexibility index (Phi) is 2.91. The van der Waals surface area contributed by atoms with Gasteiger partial charge in [0.15, 0.2) is 11.5 Å². The molecule has 104 valence electrons. The first-order valence-electron chi connectivity index (χ1n) is 6.40. The van der Waals surface area contributed by atoms with Crippen molar-refractivity contribution in [1.82, 2.24) is 5.32 Å². The zero-order valence-electron chi connectivity index (χ0n) is 10.8. The minimum atomic E-state index is -0.138. The number of anilines is 1. The Morgan fingerprint density at radius 1 is 1.00 bits per heavy atom. The molecule has 1 unspecified atom stereocenters. The van der Waals surface area contributed by atoms with Crippen LogP contribution in [0.25, 0.3) is 0 Å². The second-order valence-corrected chi connectivity index (χ2v) is 5.00. The lowest BCUT2D eigenvalue weighted by molar-refractivity contribution is 0.402. The molecule has 5 heteroatoms. The molecule has 1 atom stereocenters. The van der Waals surface area contributed by atoms with Crippen LogP contribution in [0.5, 0.6) is 17.2 Å². The zero-order chi connectivity index (χ0) is 14.3. The second-order valence-electron chi connectivity index (χ2n) is 5.00. The maximum Gasteiger partial charge on any atom is 0.157 e. The van der Waals surface area contributed by atoms with Crippen molar-refractivity contribution in [1.29, 1.82) is 0 Å². The molecule has 2 aromatic rings. The highest BCUT2D eigenvalue weighted by Gasteiger charge is 2.24. The van der Waals surface area contributed by atoms with Crippen LogP contribution >= 0.6 is 0 Å². The van der Waals surface area contributed by atoms with Gasteiger partial charge in [0.1, 0.15) is 5.75 Å². The number of benzene rings is 2. The molecule has 0 saturated carbocycles. The molecule has 0 fully saturated rings. The van der Waals surface area contributed by atoms with E-state index in [9.17, 15) is 15.3 Å². The molecule has 1 aliphatic rings. The lowest BCUT2D eigenvalue weighted by Gasteiger charge is -2.28. The number of hydrogen-bond acceptors (Lipinski definition) is 5. The Labute approximate surface area is 116 Å². The van der Waals surface area contributed by atoms with Crippen LogP contribution in [0.3, 0.4) is 0 Å². The predicted octanol–water partition coefficient (Wildman–Crippen LogP) is 1.62. The molecule has 6 N–H and O–H groups in total. The summed E-state index contributed by atoms with van der Waals surface area (Å²) >= 11 is 0. The number of nitrogen functional groups attached to an aromatic ring is 1. The monoisotopic (exact) mass is 272 g/mol. The van der Waals surface area contributed by atoms with E-state index in [1.54, 1.807) is 18.2 Å². The first-order valence-corrected chi connectivity index (χ1v) is 6.40. The summed E-state index contributed by atoms with van der Waals surface area (Å²) in [7, 11) is 0. The average molecular weight is 272 g/mol. The van der Waals surface area contributed by atoms with Crippen molar-refractivity contribution >= 4 is 5.69 Å². The molecule has 0 spiro atoms. The molecule has 0 aromatic heterocycles. The lowest BCUT2D eigenvalue weighted by Crippen LogP contribution is -2.29. The quantitative estimate of drug-likeness (QED) is 0.401. The molecule has 0 amide bonds. The topological polar surface area (TPSA) is 98.7 Å². The molecular formula is C15H16N2O3. The van der Waals surface area contributed by atoms with Gasteiger partial charge in [-0.2, -0.15) is 0 Å². The fraction of sp³-hybridized carbons (Fsp3) is 0.200. The maximum absolute atomic E-state index is 9.69. The molecular weight excluding hydrogens is 256 g/mol. The number of fused-ring (bicyclic) bond motifs is 1. The van der Waals surface area contributed by atoms with Crippen LogP contribution < -0.4 is 11.1 Å². The van der Waals surface area contributed by atoms with Crippen molar-refractivity contribution in [2.75, 3.05) is 12.3 Å². The fourth-order valence-corrected chi connectivity index (χ4v) is 2.70. The summed E-state index contributed by atoms with van der Waals surface area (Å²) in [4.78, 5) is 0. The molecule has 20 heavy (non-hydrogen) atoms. The average Bonchev–Trinajstić information content (AvgIpc) is 2.45. The summed E-state index contributed by atoms with van der Waals surface area (Å²) < 4.78 is 0. The summed E-state index contributed by atoms with van der Waals surface area (Å²) in [5.74, 6) is -0.169.